The summed E-state index contributed by atoms with van der Waals surface area (Å²) in [5.74, 6) is 0.0785. The lowest BCUT2D eigenvalue weighted by Gasteiger charge is -2.42. The number of nitrogens with one attached hydrogen (secondary N) is 1. The second-order valence-corrected chi connectivity index (χ2v) is 9.11. The Kier molecular flexibility index (Phi) is 7.80. The first kappa shape index (κ1) is 25.9. The lowest BCUT2D eigenvalue weighted by atomic mass is 9.64. The van der Waals surface area contributed by atoms with E-state index >= 15 is 0 Å². The third kappa shape index (κ3) is 4.41. The highest BCUT2D eigenvalue weighted by atomic mass is 16.7. The van der Waals surface area contributed by atoms with Gasteiger partial charge in [-0.2, -0.15) is 0 Å². The van der Waals surface area contributed by atoms with Gasteiger partial charge in [-0.3, -0.25) is 4.79 Å². The van der Waals surface area contributed by atoms with Crippen LogP contribution in [-0.4, -0.2) is 56.9 Å². The van der Waals surface area contributed by atoms with Crippen molar-refractivity contribution in [2.75, 3.05) is 34.7 Å². The zero-order chi connectivity index (χ0) is 26.0. The van der Waals surface area contributed by atoms with Crippen molar-refractivity contribution in [1.29, 1.82) is 0 Å². The number of hydrogen-bond donors (Lipinski definition) is 3. The molecule has 36 heavy (non-hydrogen) atoms. The van der Waals surface area contributed by atoms with Gasteiger partial charge in [0.05, 0.1) is 33.4 Å². The van der Waals surface area contributed by atoms with Crippen LogP contribution in [0.1, 0.15) is 55.4 Å². The molecule has 9 heteroatoms. The molecule has 3 N–H and O–H groups in total. The van der Waals surface area contributed by atoms with Gasteiger partial charge in [-0.25, -0.2) is 0 Å². The quantitative estimate of drug-likeness (QED) is 0.480. The molecule has 0 radical (unpaired) electrons. The molecule has 1 amide bonds. The van der Waals surface area contributed by atoms with E-state index in [0.717, 1.165) is 24.0 Å². The van der Waals surface area contributed by atoms with Gasteiger partial charge < -0.3 is 39.2 Å². The summed E-state index contributed by atoms with van der Waals surface area (Å²) in [6.45, 7) is 3.73. The number of aliphatic hydroxyl groups excluding tert-OH is 2. The third-order valence-electron chi connectivity index (χ3n) is 7.35. The van der Waals surface area contributed by atoms with Gasteiger partial charge in [0.25, 0.3) is 0 Å². The fraction of sp³-hybridized carbons (Fsp3) is 0.519. The van der Waals surface area contributed by atoms with Crippen molar-refractivity contribution in [3.8, 4) is 28.7 Å². The van der Waals surface area contributed by atoms with Crippen molar-refractivity contribution in [2.24, 2.45) is 11.8 Å². The Bertz CT molecular complexity index is 1070. The molecule has 4 atom stereocenters. The number of methoxy groups -OCH3 is 3. The molecule has 196 valence electrons. The van der Waals surface area contributed by atoms with Crippen LogP contribution in [-0.2, 0) is 4.79 Å². The van der Waals surface area contributed by atoms with Crippen molar-refractivity contribution in [3.05, 3.63) is 41.0 Å². The molecular formula is C27H35NO8. The van der Waals surface area contributed by atoms with Crippen molar-refractivity contribution >= 4 is 5.91 Å². The number of amides is 1. The second-order valence-electron chi connectivity index (χ2n) is 9.11. The van der Waals surface area contributed by atoms with Crippen LogP contribution in [0.4, 0.5) is 0 Å². The summed E-state index contributed by atoms with van der Waals surface area (Å²) in [6, 6.07) is 7.16. The van der Waals surface area contributed by atoms with Crippen LogP contribution in [0.15, 0.2) is 24.3 Å². The zero-order valence-electron chi connectivity index (χ0n) is 21.4. The minimum atomic E-state index is -1.07. The maximum absolute atomic E-state index is 13.8. The SMILES string of the molecule is CCC(CC)NC(=O)[C@@H]1[C@H](c2cc(OC)c(OC)c(OC)c2)c2cc3c(cc2[C@H](O)[C@H]1CO)OCO3. The molecule has 1 heterocycles. The van der Waals surface area contributed by atoms with Crippen molar-refractivity contribution in [1.82, 2.24) is 5.32 Å². The Hall–Kier alpha value is -3.17. The smallest absolute Gasteiger partial charge is 0.231 e. The average molecular weight is 502 g/mol. The number of ether oxygens (including phenoxy) is 5. The fourth-order valence-electron chi connectivity index (χ4n) is 5.38. The maximum Gasteiger partial charge on any atom is 0.231 e. The number of carbonyl (C=O) groups excluding carboxylic acids is 1. The molecule has 0 spiro atoms. The van der Waals surface area contributed by atoms with Gasteiger partial charge in [0.2, 0.25) is 18.4 Å². The topological polar surface area (TPSA) is 116 Å². The standard InChI is InChI=1S/C27H35NO8/c1-6-15(7-2)28-27(31)24-18(12-29)25(30)17-11-20-19(35-13-36-20)10-16(17)23(24)14-8-21(32-3)26(34-5)22(9-14)33-4/h8-11,15,18,23-25,29-30H,6-7,12-13H2,1-5H3,(H,28,31)/t18-,23+,24-,25-/m0/s1. The number of carbonyl (C=O) groups is 1. The molecule has 1 aliphatic heterocycles. The van der Waals surface area contributed by atoms with E-state index < -0.39 is 23.9 Å². The maximum atomic E-state index is 13.8. The van der Waals surface area contributed by atoms with E-state index in [0.29, 0.717) is 34.3 Å². The van der Waals surface area contributed by atoms with Gasteiger partial charge in [0, 0.05) is 24.5 Å². The largest absolute Gasteiger partial charge is 0.493 e. The molecule has 2 aliphatic rings. The molecule has 2 aromatic rings. The van der Waals surface area contributed by atoms with Crippen LogP contribution in [0.2, 0.25) is 0 Å². The zero-order valence-corrected chi connectivity index (χ0v) is 21.4. The van der Waals surface area contributed by atoms with E-state index in [9.17, 15) is 15.0 Å². The molecule has 0 saturated carbocycles. The molecule has 0 saturated heterocycles. The Morgan fingerprint density at radius 3 is 2.08 bits per heavy atom. The molecule has 0 aromatic heterocycles. The Balaban J connectivity index is 1.95. The average Bonchev–Trinajstić information content (AvgIpc) is 3.37. The van der Waals surface area contributed by atoms with Gasteiger partial charge in [0.1, 0.15) is 0 Å². The van der Waals surface area contributed by atoms with E-state index in [4.69, 9.17) is 23.7 Å². The highest BCUT2D eigenvalue weighted by Crippen LogP contribution is 2.53. The van der Waals surface area contributed by atoms with Gasteiger partial charge in [0.15, 0.2) is 23.0 Å². The molecule has 0 bridgehead atoms. The van der Waals surface area contributed by atoms with E-state index in [-0.39, 0.29) is 25.3 Å². The third-order valence-corrected chi connectivity index (χ3v) is 7.35. The lowest BCUT2D eigenvalue weighted by molar-refractivity contribution is -0.132. The molecule has 4 rings (SSSR count). The van der Waals surface area contributed by atoms with Gasteiger partial charge in [-0.1, -0.05) is 13.8 Å². The van der Waals surface area contributed by atoms with E-state index in [1.807, 2.05) is 32.0 Å². The first-order valence-corrected chi connectivity index (χ1v) is 12.2. The number of aliphatic hydroxyl groups is 2. The van der Waals surface area contributed by atoms with Crippen LogP contribution in [0.25, 0.3) is 0 Å². The van der Waals surface area contributed by atoms with Gasteiger partial charge in [-0.05, 0) is 53.8 Å². The molecule has 2 aromatic carbocycles. The van der Waals surface area contributed by atoms with Crippen molar-refractivity contribution in [3.63, 3.8) is 0 Å². The van der Waals surface area contributed by atoms with Crippen LogP contribution in [0.5, 0.6) is 28.7 Å². The summed E-state index contributed by atoms with van der Waals surface area (Å²) in [5, 5.41) is 24.9. The first-order chi connectivity index (χ1) is 17.4. The number of hydrogen-bond acceptors (Lipinski definition) is 8. The van der Waals surface area contributed by atoms with Crippen LogP contribution in [0, 0.1) is 11.8 Å². The summed E-state index contributed by atoms with van der Waals surface area (Å²) in [4.78, 5) is 13.8. The predicted molar refractivity (Wildman–Crippen MR) is 132 cm³/mol. The van der Waals surface area contributed by atoms with Crippen molar-refractivity contribution < 1.29 is 38.7 Å². The first-order valence-electron chi connectivity index (χ1n) is 12.2. The Labute approximate surface area is 211 Å². The Morgan fingerprint density at radius 1 is 1.00 bits per heavy atom. The van der Waals surface area contributed by atoms with Crippen molar-refractivity contribution in [2.45, 2.75) is 44.8 Å². The monoisotopic (exact) mass is 501 g/mol. The highest BCUT2D eigenvalue weighted by Gasteiger charge is 2.47. The highest BCUT2D eigenvalue weighted by molar-refractivity contribution is 5.82. The fourth-order valence-corrected chi connectivity index (χ4v) is 5.38. The minimum absolute atomic E-state index is 0.0206. The van der Waals surface area contributed by atoms with E-state index in [1.165, 1.54) is 21.3 Å². The summed E-state index contributed by atoms with van der Waals surface area (Å²) < 4.78 is 27.9. The molecule has 0 fully saturated rings. The van der Waals surface area contributed by atoms with Gasteiger partial charge in [-0.15, -0.1) is 0 Å². The molecule has 9 nitrogen and oxygen atoms in total. The minimum Gasteiger partial charge on any atom is -0.493 e. The molecular weight excluding hydrogens is 466 g/mol. The van der Waals surface area contributed by atoms with Crippen LogP contribution < -0.4 is 29.0 Å². The summed E-state index contributed by atoms with van der Waals surface area (Å²) >= 11 is 0. The summed E-state index contributed by atoms with van der Waals surface area (Å²) in [6.07, 6.45) is 0.465. The van der Waals surface area contributed by atoms with E-state index in [1.54, 1.807) is 6.07 Å². The molecule has 0 unspecified atom stereocenters. The number of rotatable bonds is 9. The van der Waals surface area contributed by atoms with E-state index in [2.05, 4.69) is 5.32 Å². The second kappa shape index (κ2) is 10.8. The number of benzene rings is 2. The molecule has 1 aliphatic carbocycles. The number of fused-ring (bicyclic) bond motifs is 2. The Morgan fingerprint density at radius 2 is 1.58 bits per heavy atom. The normalized spacial score (nSPS) is 22.2. The van der Waals surface area contributed by atoms with Crippen LogP contribution >= 0.6 is 0 Å². The lowest BCUT2D eigenvalue weighted by Crippen LogP contribution is -2.47. The van der Waals surface area contributed by atoms with Gasteiger partial charge >= 0.3 is 0 Å². The van der Waals surface area contributed by atoms with Crippen LogP contribution in [0.3, 0.4) is 0 Å². The predicted octanol–water partition coefficient (Wildman–Crippen LogP) is 3.15. The summed E-state index contributed by atoms with van der Waals surface area (Å²) in [5.41, 5.74) is 2.03. The summed E-state index contributed by atoms with van der Waals surface area (Å²) in [7, 11) is 4.59.